The normalized spacial score (nSPS) is 16.2. The van der Waals surface area contributed by atoms with Gasteiger partial charge in [-0.2, -0.15) is 0 Å². The van der Waals surface area contributed by atoms with Crippen LogP contribution in [0.25, 0.3) is 22.2 Å². The highest BCUT2D eigenvalue weighted by atomic mass is 79.9. The number of nitrogens with zero attached hydrogens (tertiary/aromatic N) is 2. The zero-order chi connectivity index (χ0) is 21.9. The quantitative estimate of drug-likeness (QED) is 0.309. The Morgan fingerprint density at radius 1 is 0.871 bits per heavy atom. The Morgan fingerprint density at radius 2 is 1.52 bits per heavy atom. The zero-order valence-corrected chi connectivity index (χ0v) is 19.8. The maximum atomic E-state index is 13.6. The Labute approximate surface area is 191 Å². The first-order valence-electron chi connectivity index (χ1n) is 10.5. The highest BCUT2D eigenvalue weighted by molar-refractivity contribution is 9.10. The Kier molecular flexibility index (Phi) is 4.60. The van der Waals surface area contributed by atoms with E-state index in [-0.39, 0.29) is 17.5 Å². The summed E-state index contributed by atoms with van der Waals surface area (Å²) in [4.78, 5) is 15.6. The van der Waals surface area contributed by atoms with E-state index in [1.165, 1.54) is 16.5 Å². The molecule has 156 valence electrons. The fraction of sp³-hybridized carbons (Fsp3) is 0.222. The highest BCUT2D eigenvalue weighted by Gasteiger charge is 2.45. The van der Waals surface area contributed by atoms with Crippen molar-refractivity contribution in [2.75, 3.05) is 0 Å². The third-order valence-electron chi connectivity index (χ3n) is 6.22. The number of para-hydroxylation sites is 1. The molecule has 0 spiro atoms. The summed E-state index contributed by atoms with van der Waals surface area (Å²) in [5, 5.41) is 1.19. The molecule has 1 aliphatic heterocycles. The van der Waals surface area contributed by atoms with Crippen LogP contribution in [0.2, 0.25) is 0 Å². The van der Waals surface area contributed by atoms with E-state index in [0.29, 0.717) is 0 Å². The first kappa shape index (κ1) is 20.1. The van der Waals surface area contributed by atoms with Gasteiger partial charge in [-0.3, -0.25) is 4.79 Å². The van der Waals surface area contributed by atoms with E-state index < -0.39 is 0 Å². The second-order valence-electron chi connectivity index (χ2n) is 9.18. The van der Waals surface area contributed by atoms with Gasteiger partial charge in [0, 0.05) is 39.1 Å². The molecule has 0 radical (unpaired) electrons. The van der Waals surface area contributed by atoms with Gasteiger partial charge in [0.15, 0.2) is 0 Å². The molecule has 0 aliphatic carbocycles. The van der Waals surface area contributed by atoms with Gasteiger partial charge in [0.2, 0.25) is 0 Å². The van der Waals surface area contributed by atoms with Gasteiger partial charge in [0.1, 0.15) is 0 Å². The number of carbonyl (C=O) groups excluding carboxylic acids is 1. The highest BCUT2D eigenvalue weighted by Crippen LogP contribution is 2.48. The number of halogens is 1. The molecular weight excluding hydrogens is 448 g/mol. The summed E-state index contributed by atoms with van der Waals surface area (Å²) in [6, 6.07) is 24.9. The Balaban J connectivity index is 1.89. The second kappa shape index (κ2) is 7.10. The van der Waals surface area contributed by atoms with Crippen molar-refractivity contribution in [2.45, 2.75) is 32.4 Å². The average Bonchev–Trinajstić information content (AvgIpc) is 3.20. The topological polar surface area (TPSA) is 25.2 Å². The number of rotatable bonds is 2. The van der Waals surface area contributed by atoms with Crippen molar-refractivity contribution in [3.05, 3.63) is 94.0 Å². The number of fused-ring (bicyclic) bond motifs is 2. The van der Waals surface area contributed by atoms with Crippen molar-refractivity contribution in [1.29, 1.82) is 0 Å². The molecule has 2 heterocycles. The van der Waals surface area contributed by atoms with Gasteiger partial charge in [-0.15, -0.1) is 0 Å². The summed E-state index contributed by atoms with van der Waals surface area (Å²) in [7, 11) is 2.12. The molecule has 1 amide bonds. The first-order chi connectivity index (χ1) is 14.8. The van der Waals surface area contributed by atoms with Gasteiger partial charge in [0.25, 0.3) is 5.91 Å². The molecule has 0 saturated heterocycles. The Hall–Kier alpha value is -2.85. The third kappa shape index (κ3) is 3.04. The molecule has 4 aromatic rings. The molecule has 3 nitrogen and oxygen atoms in total. The number of carbonyl (C=O) groups is 1. The SMILES string of the molecule is Cn1c(-c2ccc(Br)cc2)c(C2c3ccccc3C(=O)N2C(C)(C)C)c2ccccc21. The summed E-state index contributed by atoms with van der Waals surface area (Å²) in [5.74, 6) is 0.0998. The maximum absolute atomic E-state index is 13.6. The smallest absolute Gasteiger partial charge is 0.255 e. The van der Waals surface area contributed by atoms with Crippen LogP contribution in [0.3, 0.4) is 0 Å². The molecular formula is C27H25BrN2O. The lowest BCUT2D eigenvalue weighted by atomic mass is 9.91. The van der Waals surface area contributed by atoms with E-state index in [1.54, 1.807) is 0 Å². The lowest BCUT2D eigenvalue weighted by Gasteiger charge is -2.38. The molecule has 1 unspecified atom stereocenters. The molecule has 0 fully saturated rings. The van der Waals surface area contributed by atoms with Crippen molar-refractivity contribution in [3.63, 3.8) is 0 Å². The predicted molar refractivity (Wildman–Crippen MR) is 130 cm³/mol. The van der Waals surface area contributed by atoms with Crippen molar-refractivity contribution in [2.24, 2.45) is 7.05 Å². The van der Waals surface area contributed by atoms with E-state index in [2.05, 4.69) is 108 Å². The lowest BCUT2D eigenvalue weighted by Crippen LogP contribution is -2.44. The van der Waals surface area contributed by atoms with Crippen LogP contribution in [-0.4, -0.2) is 20.9 Å². The molecule has 1 aromatic heterocycles. The van der Waals surface area contributed by atoms with Gasteiger partial charge >= 0.3 is 0 Å². The van der Waals surface area contributed by atoms with Crippen LogP contribution in [0, 0.1) is 0 Å². The standard InChI is InChI=1S/C27H25BrN2O/c1-27(2,3)30-25(19-9-5-6-10-20(19)26(30)31)23-21-11-7-8-12-22(21)29(4)24(23)17-13-15-18(28)16-14-17/h5-16,25H,1-4H3. The zero-order valence-electron chi connectivity index (χ0n) is 18.2. The van der Waals surface area contributed by atoms with Crippen LogP contribution < -0.4 is 0 Å². The molecule has 1 atom stereocenters. The second-order valence-corrected chi connectivity index (χ2v) is 10.1. The van der Waals surface area contributed by atoms with Gasteiger partial charge in [-0.1, -0.05) is 64.5 Å². The van der Waals surface area contributed by atoms with Crippen molar-refractivity contribution < 1.29 is 4.79 Å². The van der Waals surface area contributed by atoms with Gasteiger partial charge in [-0.25, -0.2) is 0 Å². The predicted octanol–water partition coefficient (Wildman–Crippen LogP) is 6.95. The molecule has 0 bridgehead atoms. The monoisotopic (exact) mass is 472 g/mol. The van der Waals surface area contributed by atoms with Crippen LogP contribution in [0.15, 0.2) is 77.3 Å². The fourth-order valence-corrected chi connectivity index (χ4v) is 5.21. The minimum atomic E-state index is -0.325. The number of hydrogen-bond acceptors (Lipinski definition) is 1. The van der Waals surface area contributed by atoms with Gasteiger partial charge in [-0.05, 0) is 56.2 Å². The number of hydrogen-bond donors (Lipinski definition) is 0. The molecule has 4 heteroatoms. The molecule has 3 aromatic carbocycles. The third-order valence-corrected chi connectivity index (χ3v) is 6.75. The van der Waals surface area contributed by atoms with Crippen LogP contribution >= 0.6 is 15.9 Å². The summed E-state index contributed by atoms with van der Waals surface area (Å²) >= 11 is 3.56. The van der Waals surface area contributed by atoms with Crippen molar-refractivity contribution in [3.8, 4) is 11.3 Å². The van der Waals surface area contributed by atoms with Crippen molar-refractivity contribution in [1.82, 2.24) is 9.47 Å². The number of benzene rings is 3. The summed E-state index contributed by atoms with van der Waals surface area (Å²) < 4.78 is 3.31. The van der Waals surface area contributed by atoms with E-state index in [0.717, 1.165) is 26.9 Å². The minimum absolute atomic E-state index is 0.0998. The summed E-state index contributed by atoms with van der Waals surface area (Å²) in [5.41, 5.74) is 6.21. The average molecular weight is 473 g/mol. The fourth-order valence-electron chi connectivity index (χ4n) is 4.95. The molecule has 5 rings (SSSR count). The van der Waals surface area contributed by atoms with Crippen LogP contribution in [0.5, 0.6) is 0 Å². The van der Waals surface area contributed by atoms with Gasteiger partial charge < -0.3 is 9.47 Å². The van der Waals surface area contributed by atoms with Crippen molar-refractivity contribution >= 4 is 32.7 Å². The minimum Gasteiger partial charge on any atom is -0.343 e. The first-order valence-corrected chi connectivity index (χ1v) is 11.3. The van der Waals surface area contributed by atoms with Gasteiger partial charge in [0.05, 0.1) is 11.7 Å². The lowest BCUT2D eigenvalue weighted by molar-refractivity contribution is 0.0554. The van der Waals surface area contributed by atoms with E-state index in [9.17, 15) is 4.79 Å². The molecule has 0 saturated carbocycles. The number of amides is 1. The maximum Gasteiger partial charge on any atom is 0.255 e. The molecule has 0 N–H and O–H groups in total. The number of aryl methyl sites for hydroxylation is 1. The largest absolute Gasteiger partial charge is 0.343 e. The van der Waals surface area contributed by atoms with Crippen LogP contribution in [0.1, 0.15) is 48.3 Å². The molecule has 1 aliphatic rings. The van der Waals surface area contributed by atoms with Crippen LogP contribution in [-0.2, 0) is 7.05 Å². The van der Waals surface area contributed by atoms with E-state index in [1.807, 2.05) is 18.2 Å². The number of aromatic nitrogens is 1. The Morgan fingerprint density at radius 3 is 2.23 bits per heavy atom. The van der Waals surface area contributed by atoms with Crippen LogP contribution in [0.4, 0.5) is 0 Å². The summed E-state index contributed by atoms with van der Waals surface area (Å²) in [6.07, 6.45) is 0. The van der Waals surface area contributed by atoms with E-state index >= 15 is 0 Å². The van der Waals surface area contributed by atoms with E-state index in [4.69, 9.17) is 0 Å². The molecule has 31 heavy (non-hydrogen) atoms. The summed E-state index contributed by atoms with van der Waals surface area (Å²) in [6.45, 7) is 6.36. The Bertz CT molecular complexity index is 1310.